The molecule has 12 heteroatoms. The SMILES string of the molecule is O=C(Cn1c(=O)sc2ccccc21)Nc1nnc(SCCN2C(=O)c3ccccc3C2=O)s1. The number of thioether (sulfide) groups is 1. The van der Waals surface area contributed by atoms with Gasteiger partial charge in [-0.05, 0) is 24.3 Å². The van der Waals surface area contributed by atoms with Crippen LogP contribution in [0.15, 0.2) is 57.7 Å². The van der Waals surface area contributed by atoms with Crippen molar-refractivity contribution in [2.24, 2.45) is 0 Å². The third-order valence-electron chi connectivity index (χ3n) is 4.95. The quantitative estimate of drug-likeness (QED) is 0.237. The van der Waals surface area contributed by atoms with Gasteiger partial charge in [0.1, 0.15) is 6.54 Å². The molecule has 1 aliphatic rings. The van der Waals surface area contributed by atoms with Gasteiger partial charge in [0.2, 0.25) is 11.0 Å². The van der Waals surface area contributed by atoms with E-state index >= 15 is 0 Å². The summed E-state index contributed by atoms with van der Waals surface area (Å²) >= 11 is 3.62. The lowest BCUT2D eigenvalue weighted by molar-refractivity contribution is -0.116. The number of hydrogen-bond acceptors (Lipinski definition) is 9. The summed E-state index contributed by atoms with van der Waals surface area (Å²) in [5, 5.41) is 11.0. The van der Waals surface area contributed by atoms with Crippen LogP contribution >= 0.6 is 34.4 Å². The molecule has 9 nitrogen and oxygen atoms in total. The van der Waals surface area contributed by atoms with Gasteiger partial charge >= 0.3 is 4.87 Å². The number of anilines is 1. The molecule has 33 heavy (non-hydrogen) atoms. The standard InChI is InChI=1S/C21H15N5O4S3/c27-16(11-26-14-7-3-4-8-15(14)32-21(26)30)22-19-23-24-20(33-19)31-10-9-25-17(28)12-5-1-2-6-13(12)18(25)29/h1-8H,9-11H2,(H,22,23,27). The van der Waals surface area contributed by atoms with Gasteiger partial charge in [-0.25, -0.2) is 0 Å². The maximum atomic E-state index is 12.4. The van der Waals surface area contributed by atoms with Crippen molar-refractivity contribution in [3.63, 3.8) is 0 Å². The second kappa shape index (κ2) is 8.89. The predicted octanol–water partition coefficient (Wildman–Crippen LogP) is 2.94. The van der Waals surface area contributed by atoms with E-state index in [1.165, 1.54) is 32.6 Å². The average molecular weight is 498 g/mol. The van der Waals surface area contributed by atoms with Gasteiger partial charge < -0.3 is 0 Å². The van der Waals surface area contributed by atoms with E-state index in [0.29, 0.717) is 31.9 Å². The highest BCUT2D eigenvalue weighted by Crippen LogP contribution is 2.27. The molecule has 0 atom stereocenters. The van der Waals surface area contributed by atoms with E-state index in [9.17, 15) is 19.2 Å². The smallest absolute Gasteiger partial charge is 0.299 e. The van der Waals surface area contributed by atoms with Crippen molar-refractivity contribution in [3.8, 4) is 0 Å². The average Bonchev–Trinajstić information content (AvgIpc) is 3.45. The fourth-order valence-corrected chi connectivity index (χ4v) is 6.10. The zero-order valence-corrected chi connectivity index (χ0v) is 19.3. The Kier molecular flexibility index (Phi) is 5.79. The van der Waals surface area contributed by atoms with Gasteiger partial charge in [-0.1, -0.05) is 58.7 Å². The molecule has 0 unspecified atom stereocenters. The lowest BCUT2D eigenvalue weighted by Crippen LogP contribution is -2.31. The number of amides is 3. The molecule has 2 aromatic carbocycles. The Bertz CT molecular complexity index is 1420. The fourth-order valence-electron chi connectivity index (χ4n) is 3.45. The number of para-hydroxylation sites is 1. The molecular weight excluding hydrogens is 482 g/mol. The first kappa shape index (κ1) is 21.5. The number of rotatable bonds is 7. The van der Waals surface area contributed by atoms with Crippen LogP contribution in [0.5, 0.6) is 0 Å². The zero-order valence-electron chi connectivity index (χ0n) is 16.9. The maximum Gasteiger partial charge on any atom is 0.308 e. The van der Waals surface area contributed by atoms with Crippen molar-refractivity contribution in [1.82, 2.24) is 19.7 Å². The molecule has 166 valence electrons. The molecule has 0 fully saturated rings. The molecule has 0 bridgehead atoms. The van der Waals surface area contributed by atoms with E-state index < -0.39 is 0 Å². The lowest BCUT2D eigenvalue weighted by atomic mass is 10.1. The highest BCUT2D eigenvalue weighted by molar-refractivity contribution is 8.01. The van der Waals surface area contributed by atoms with Crippen LogP contribution < -0.4 is 10.2 Å². The number of nitrogens with zero attached hydrogens (tertiary/aromatic N) is 4. The Morgan fingerprint density at radius 2 is 1.64 bits per heavy atom. The second-order valence-corrected chi connectivity index (χ2v) is 10.3. The van der Waals surface area contributed by atoms with E-state index in [0.717, 1.165) is 16.0 Å². The Morgan fingerprint density at radius 3 is 2.39 bits per heavy atom. The van der Waals surface area contributed by atoms with E-state index in [1.807, 2.05) is 18.2 Å². The van der Waals surface area contributed by atoms with E-state index in [4.69, 9.17) is 0 Å². The molecule has 0 aliphatic carbocycles. The Labute approximate surface area is 199 Å². The maximum absolute atomic E-state index is 12.4. The number of imide groups is 1. The van der Waals surface area contributed by atoms with E-state index in [2.05, 4.69) is 15.5 Å². The molecule has 1 aliphatic heterocycles. The third kappa shape index (κ3) is 4.19. The highest BCUT2D eigenvalue weighted by atomic mass is 32.2. The molecule has 3 amide bonds. The zero-order chi connectivity index (χ0) is 22.9. The largest absolute Gasteiger partial charge is 0.308 e. The highest BCUT2D eigenvalue weighted by Gasteiger charge is 2.34. The fraction of sp³-hybridized carbons (Fsp3) is 0.143. The number of aromatic nitrogens is 3. The molecule has 1 N–H and O–H groups in total. The second-order valence-electron chi connectivity index (χ2n) is 7.00. The molecule has 2 aromatic heterocycles. The number of nitrogens with one attached hydrogen (secondary N) is 1. The first-order chi connectivity index (χ1) is 16.0. The summed E-state index contributed by atoms with van der Waals surface area (Å²) in [6.07, 6.45) is 0. The van der Waals surface area contributed by atoms with Gasteiger partial charge in [-0.3, -0.25) is 34.0 Å². The number of hydrogen-bond donors (Lipinski definition) is 1. The molecule has 4 aromatic rings. The topological polar surface area (TPSA) is 114 Å². The summed E-state index contributed by atoms with van der Waals surface area (Å²) in [5.74, 6) is -0.515. The van der Waals surface area contributed by atoms with Gasteiger partial charge in [-0.15, -0.1) is 10.2 Å². The molecule has 0 radical (unpaired) electrons. The van der Waals surface area contributed by atoms with Crippen LogP contribution in [-0.2, 0) is 11.3 Å². The molecule has 5 rings (SSSR count). The van der Waals surface area contributed by atoms with Crippen LogP contribution in [0.2, 0.25) is 0 Å². The van der Waals surface area contributed by atoms with Crippen molar-refractivity contribution in [1.29, 1.82) is 0 Å². The van der Waals surface area contributed by atoms with E-state index in [-0.39, 0.29) is 35.7 Å². The number of carbonyl (C=O) groups is 3. The van der Waals surface area contributed by atoms with Gasteiger partial charge in [0.15, 0.2) is 4.34 Å². The molecule has 0 spiro atoms. The number of benzene rings is 2. The first-order valence-corrected chi connectivity index (χ1v) is 12.4. The first-order valence-electron chi connectivity index (χ1n) is 9.81. The summed E-state index contributed by atoms with van der Waals surface area (Å²) < 4.78 is 2.84. The van der Waals surface area contributed by atoms with Crippen LogP contribution in [0.1, 0.15) is 20.7 Å². The molecule has 0 saturated heterocycles. The Balaban J connectivity index is 1.16. The van der Waals surface area contributed by atoms with Gasteiger partial charge in [0.25, 0.3) is 11.8 Å². The van der Waals surface area contributed by atoms with E-state index in [1.54, 1.807) is 30.3 Å². The van der Waals surface area contributed by atoms with Crippen LogP contribution in [0.4, 0.5) is 5.13 Å². The monoisotopic (exact) mass is 497 g/mol. The number of carbonyl (C=O) groups excluding carboxylic acids is 3. The summed E-state index contributed by atoms with van der Waals surface area (Å²) in [4.78, 5) is 50.5. The van der Waals surface area contributed by atoms with Gasteiger partial charge in [0, 0.05) is 12.3 Å². The van der Waals surface area contributed by atoms with Gasteiger partial charge in [0.05, 0.1) is 21.3 Å². The normalized spacial score (nSPS) is 13.0. The van der Waals surface area contributed by atoms with Crippen molar-refractivity contribution >= 4 is 67.5 Å². The third-order valence-corrected chi connectivity index (χ3v) is 7.86. The molecule has 0 saturated carbocycles. The summed E-state index contributed by atoms with van der Waals surface area (Å²) in [6.45, 7) is 0.122. The number of thiazole rings is 1. The van der Waals surface area contributed by atoms with Crippen LogP contribution in [0.3, 0.4) is 0 Å². The van der Waals surface area contributed by atoms with Gasteiger partial charge in [-0.2, -0.15) is 0 Å². The Hall–Kier alpha value is -3.35. The predicted molar refractivity (Wildman–Crippen MR) is 127 cm³/mol. The lowest BCUT2D eigenvalue weighted by Gasteiger charge is -2.12. The van der Waals surface area contributed by atoms with Crippen molar-refractivity contribution in [2.45, 2.75) is 10.9 Å². The molecular formula is C21H15N5O4S3. The van der Waals surface area contributed by atoms with Crippen LogP contribution in [0.25, 0.3) is 10.2 Å². The Morgan fingerprint density at radius 1 is 0.939 bits per heavy atom. The minimum atomic E-state index is -0.376. The molecule has 3 heterocycles. The summed E-state index contributed by atoms with van der Waals surface area (Å²) in [7, 11) is 0. The van der Waals surface area contributed by atoms with Crippen LogP contribution in [0, 0.1) is 0 Å². The van der Waals surface area contributed by atoms with Crippen molar-refractivity contribution in [3.05, 3.63) is 69.3 Å². The van der Waals surface area contributed by atoms with Crippen molar-refractivity contribution < 1.29 is 14.4 Å². The summed E-state index contributed by atoms with van der Waals surface area (Å²) in [6, 6.07) is 14.1. The van der Waals surface area contributed by atoms with Crippen molar-refractivity contribution in [2.75, 3.05) is 17.6 Å². The minimum Gasteiger partial charge on any atom is -0.299 e. The number of fused-ring (bicyclic) bond motifs is 2. The minimum absolute atomic E-state index is 0.120. The van der Waals surface area contributed by atoms with Crippen LogP contribution in [-0.4, -0.2) is 49.7 Å². The summed E-state index contributed by atoms with van der Waals surface area (Å²) in [5.41, 5.74) is 1.56.